The number of rotatable bonds is 7. The molecule has 2 heteroatoms. The van der Waals surface area contributed by atoms with Gasteiger partial charge in [0.2, 0.25) is 0 Å². The molecule has 1 aromatic heterocycles. The van der Waals surface area contributed by atoms with Gasteiger partial charge in [-0.2, -0.15) is 0 Å². The van der Waals surface area contributed by atoms with E-state index in [1.165, 1.54) is 121 Å². The summed E-state index contributed by atoms with van der Waals surface area (Å²) in [6.07, 6.45) is 6.51. The number of benzene rings is 8. The molecular formula is C60H58N2. The number of fused-ring (bicyclic) bond motifs is 4. The van der Waals surface area contributed by atoms with E-state index in [-0.39, 0.29) is 10.8 Å². The van der Waals surface area contributed by atoms with E-state index in [1.807, 2.05) is 0 Å². The van der Waals surface area contributed by atoms with Crippen LogP contribution in [0.3, 0.4) is 0 Å². The Morgan fingerprint density at radius 1 is 0.468 bits per heavy atom. The van der Waals surface area contributed by atoms with Crippen molar-refractivity contribution in [2.45, 2.75) is 90.4 Å². The van der Waals surface area contributed by atoms with E-state index in [4.69, 9.17) is 0 Å². The zero-order chi connectivity index (χ0) is 42.6. The number of para-hydroxylation sites is 3. The summed E-state index contributed by atoms with van der Waals surface area (Å²) in [7, 11) is 0. The maximum absolute atomic E-state index is 2.53. The number of hydrogen-bond donors (Lipinski definition) is 0. The van der Waals surface area contributed by atoms with E-state index in [2.05, 4.69) is 227 Å². The third kappa shape index (κ3) is 7.30. The zero-order valence-electron chi connectivity index (χ0n) is 37.3. The monoisotopic (exact) mass is 806 g/mol. The van der Waals surface area contributed by atoms with Crippen LogP contribution in [0.5, 0.6) is 0 Å². The van der Waals surface area contributed by atoms with Crippen molar-refractivity contribution in [2.75, 3.05) is 4.90 Å². The van der Waals surface area contributed by atoms with Gasteiger partial charge in [-0.05, 0) is 134 Å². The lowest BCUT2D eigenvalue weighted by Crippen LogP contribution is -2.19. The van der Waals surface area contributed by atoms with Gasteiger partial charge in [0.15, 0.2) is 0 Å². The highest BCUT2D eigenvalue weighted by molar-refractivity contribution is 6.10. The van der Waals surface area contributed by atoms with Crippen molar-refractivity contribution >= 4 is 49.6 Å². The maximum Gasteiger partial charge on any atom is 0.0541 e. The molecule has 0 saturated heterocycles. The first kappa shape index (κ1) is 39.7. The Bertz CT molecular complexity index is 3020. The highest BCUT2D eigenvalue weighted by atomic mass is 15.1. The van der Waals surface area contributed by atoms with Crippen molar-refractivity contribution in [3.63, 3.8) is 0 Å². The van der Waals surface area contributed by atoms with Gasteiger partial charge in [-0.1, -0.05) is 176 Å². The molecule has 9 aromatic rings. The quantitative estimate of drug-likeness (QED) is 0.156. The molecule has 0 unspecified atom stereocenters. The third-order valence-electron chi connectivity index (χ3n) is 13.5. The molecule has 1 aliphatic rings. The van der Waals surface area contributed by atoms with Gasteiger partial charge in [0.25, 0.3) is 0 Å². The van der Waals surface area contributed by atoms with Crippen LogP contribution in [0.2, 0.25) is 0 Å². The molecule has 2 nitrogen and oxygen atoms in total. The lowest BCUT2D eigenvalue weighted by atomic mass is 9.80. The summed E-state index contributed by atoms with van der Waals surface area (Å²) in [4.78, 5) is 2.53. The molecule has 0 N–H and O–H groups in total. The molecule has 10 rings (SSSR count). The Kier molecular flexibility index (Phi) is 10.1. The average molecular weight is 807 g/mol. The average Bonchev–Trinajstić information content (AvgIpc) is 3.63. The fraction of sp³-hybridized carbons (Fsp3) is 0.233. The van der Waals surface area contributed by atoms with Crippen LogP contribution in [0.25, 0.3) is 60.5 Å². The van der Waals surface area contributed by atoms with Gasteiger partial charge in [-0.25, -0.2) is 0 Å². The van der Waals surface area contributed by atoms with E-state index in [0.29, 0.717) is 5.92 Å². The lowest BCUT2D eigenvalue weighted by molar-refractivity contribution is 0.445. The SMILES string of the molecule is CC(C)(C)c1cc(N(c2ccc(-c3ccc4c(c3)c3ccccc3n4-c3ccccc3)cc2)c2ccccc2-c2cccc3cccc(C4CCCCC4)c23)cc(C(C)(C)C)c1. The second kappa shape index (κ2) is 15.8. The van der Waals surface area contributed by atoms with Gasteiger partial charge in [0.1, 0.15) is 0 Å². The number of aromatic nitrogens is 1. The van der Waals surface area contributed by atoms with E-state index < -0.39 is 0 Å². The van der Waals surface area contributed by atoms with Gasteiger partial charge >= 0.3 is 0 Å². The highest BCUT2D eigenvalue weighted by Crippen LogP contribution is 2.47. The molecule has 62 heavy (non-hydrogen) atoms. The minimum Gasteiger partial charge on any atom is -0.310 e. The Labute approximate surface area is 368 Å². The Hall–Kier alpha value is -6.38. The van der Waals surface area contributed by atoms with Crippen LogP contribution in [0.15, 0.2) is 176 Å². The summed E-state index contributed by atoms with van der Waals surface area (Å²) < 4.78 is 2.39. The first-order chi connectivity index (χ1) is 30.0. The number of nitrogens with zero attached hydrogens (tertiary/aromatic N) is 2. The summed E-state index contributed by atoms with van der Waals surface area (Å²) in [5, 5.41) is 5.26. The standard InChI is InChI=1S/C60H58N2/c1-59(2,3)45-38-46(60(4,5)6)40-49(39-45)61(55-29-15-13-25-51(55)53-28-18-22-43-21-17-27-50(58(43)53)42-19-9-7-10-20-42)48-34-31-41(32-35-48)44-33-36-57-54(37-44)52-26-14-16-30-56(52)62(57)47-23-11-8-12-24-47/h8,11-18,21-40,42H,7,9-10,19-20H2,1-6H3. The molecule has 1 fully saturated rings. The largest absolute Gasteiger partial charge is 0.310 e. The maximum atomic E-state index is 2.53. The van der Waals surface area contributed by atoms with Crippen molar-refractivity contribution in [3.05, 3.63) is 193 Å². The first-order valence-electron chi connectivity index (χ1n) is 22.8. The molecule has 0 amide bonds. The number of hydrogen-bond acceptors (Lipinski definition) is 1. The van der Waals surface area contributed by atoms with Gasteiger partial charge in [0.05, 0.1) is 16.7 Å². The van der Waals surface area contributed by atoms with Crippen LogP contribution in [0.1, 0.15) is 96.3 Å². The van der Waals surface area contributed by atoms with Crippen molar-refractivity contribution in [1.29, 1.82) is 0 Å². The Balaban J connectivity index is 1.15. The molecule has 8 aromatic carbocycles. The molecule has 0 spiro atoms. The summed E-state index contributed by atoms with van der Waals surface area (Å²) in [6, 6.07) is 66.1. The molecule has 1 heterocycles. The van der Waals surface area contributed by atoms with Crippen molar-refractivity contribution < 1.29 is 0 Å². The molecule has 0 radical (unpaired) electrons. The molecule has 0 atom stereocenters. The summed E-state index contributed by atoms with van der Waals surface area (Å²) >= 11 is 0. The van der Waals surface area contributed by atoms with Gasteiger partial charge in [0, 0.05) is 33.4 Å². The van der Waals surface area contributed by atoms with Crippen molar-refractivity contribution in [1.82, 2.24) is 4.57 Å². The van der Waals surface area contributed by atoms with Crippen LogP contribution < -0.4 is 4.90 Å². The third-order valence-corrected chi connectivity index (χ3v) is 13.5. The second-order valence-electron chi connectivity index (χ2n) is 19.7. The van der Waals surface area contributed by atoms with Crippen LogP contribution in [0, 0.1) is 0 Å². The first-order valence-corrected chi connectivity index (χ1v) is 22.8. The normalized spacial score (nSPS) is 13.9. The van der Waals surface area contributed by atoms with Crippen LogP contribution in [-0.2, 0) is 10.8 Å². The predicted molar refractivity (Wildman–Crippen MR) is 267 cm³/mol. The minimum atomic E-state index is -0.0299. The summed E-state index contributed by atoms with van der Waals surface area (Å²) in [5.41, 5.74) is 16.2. The fourth-order valence-corrected chi connectivity index (χ4v) is 10.1. The Morgan fingerprint density at radius 3 is 1.81 bits per heavy atom. The predicted octanol–water partition coefficient (Wildman–Crippen LogP) is 17.4. The van der Waals surface area contributed by atoms with Crippen molar-refractivity contribution in [2.24, 2.45) is 0 Å². The van der Waals surface area contributed by atoms with Crippen LogP contribution in [-0.4, -0.2) is 4.57 Å². The summed E-state index contributed by atoms with van der Waals surface area (Å²) in [5.74, 6) is 0.594. The van der Waals surface area contributed by atoms with Gasteiger partial charge in [-0.15, -0.1) is 0 Å². The molecule has 308 valence electrons. The van der Waals surface area contributed by atoms with E-state index >= 15 is 0 Å². The topological polar surface area (TPSA) is 8.17 Å². The minimum absolute atomic E-state index is 0.0299. The van der Waals surface area contributed by atoms with Crippen LogP contribution in [0.4, 0.5) is 17.1 Å². The highest BCUT2D eigenvalue weighted by Gasteiger charge is 2.26. The van der Waals surface area contributed by atoms with Gasteiger partial charge < -0.3 is 9.47 Å². The number of anilines is 3. The Morgan fingerprint density at radius 2 is 1.08 bits per heavy atom. The molecule has 0 aliphatic heterocycles. The van der Waals surface area contributed by atoms with Crippen molar-refractivity contribution in [3.8, 4) is 27.9 Å². The molecule has 1 aliphatic carbocycles. The smallest absolute Gasteiger partial charge is 0.0541 e. The summed E-state index contributed by atoms with van der Waals surface area (Å²) in [6.45, 7) is 14.0. The van der Waals surface area contributed by atoms with Crippen LogP contribution >= 0.6 is 0 Å². The van der Waals surface area contributed by atoms with E-state index in [0.717, 1.165) is 5.69 Å². The fourth-order valence-electron chi connectivity index (χ4n) is 10.1. The van der Waals surface area contributed by atoms with Gasteiger partial charge in [-0.3, -0.25) is 0 Å². The lowest BCUT2D eigenvalue weighted by Gasteiger charge is -2.32. The van der Waals surface area contributed by atoms with E-state index in [1.54, 1.807) is 0 Å². The molecular weight excluding hydrogens is 749 g/mol. The van der Waals surface area contributed by atoms with E-state index in [9.17, 15) is 0 Å². The zero-order valence-corrected chi connectivity index (χ0v) is 37.3. The second-order valence-corrected chi connectivity index (χ2v) is 19.7. The molecule has 1 saturated carbocycles. The molecule has 0 bridgehead atoms.